The van der Waals surface area contributed by atoms with E-state index in [0.29, 0.717) is 23.7 Å². The molecule has 0 atom stereocenters. The summed E-state index contributed by atoms with van der Waals surface area (Å²) in [6, 6.07) is 0. The van der Waals surface area contributed by atoms with Crippen molar-refractivity contribution >= 4 is 28.8 Å². The minimum absolute atomic E-state index is 0.0694. The van der Waals surface area contributed by atoms with E-state index in [-0.39, 0.29) is 10.9 Å². The zero-order chi connectivity index (χ0) is 12.8. The topological polar surface area (TPSA) is 88.9 Å². The second-order valence-electron chi connectivity index (χ2n) is 3.34. The number of carbonyl (C=O) groups is 1. The van der Waals surface area contributed by atoms with Crippen molar-refractivity contribution in [2.75, 3.05) is 5.75 Å². The Morgan fingerprint density at radius 1 is 1.65 bits per heavy atom. The maximum atomic E-state index is 10.7. The fraction of sp³-hybridized carbons (Fsp3) is 0.400. The molecule has 7 heteroatoms. The number of nitrogens with zero attached hydrogens (tertiary/aromatic N) is 2. The molecule has 17 heavy (non-hydrogen) atoms. The third-order valence-corrected chi connectivity index (χ3v) is 2.72. The summed E-state index contributed by atoms with van der Waals surface area (Å²) in [4.78, 5) is 27.4. The molecule has 0 aliphatic heterocycles. The average Bonchev–Trinajstić information content (AvgIpc) is 2.59. The first-order valence-corrected chi connectivity index (χ1v) is 6.00. The highest BCUT2D eigenvalue weighted by Crippen LogP contribution is 2.16. The predicted octanol–water partition coefficient (Wildman–Crippen LogP) is 2.31. The van der Waals surface area contributed by atoms with E-state index in [0.717, 1.165) is 0 Å². The van der Waals surface area contributed by atoms with Gasteiger partial charge in [0.15, 0.2) is 16.6 Å². The summed E-state index contributed by atoms with van der Waals surface area (Å²) < 4.78 is 0. The van der Waals surface area contributed by atoms with Crippen LogP contribution in [-0.4, -0.2) is 25.8 Å². The Kier molecular flexibility index (Phi) is 4.89. The third kappa shape index (κ3) is 4.39. The molecule has 1 aromatic rings. The largest absolute Gasteiger partial charge is 0.358 e. The molecule has 0 unspecified atom stereocenters. The number of hydrogen-bond donors (Lipinski definition) is 1. The number of rotatable bonds is 5. The van der Waals surface area contributed by atoms with Crippen LogP contribution >= 0.6 is 11.8 Å². The molecule has 0 aliphatic rings. The van der Waals surface area contributed by atoms with Crippen LogP contribution in [-0.2, 0) is 4.79 Å². The lowest BCUT2D eigenvalue weighted by Gasteiger charge is -1.92. The summed E-state index contributed by atoms with van der Waals surface area (Å²) in [6.07, 6.45) is 4.05. The fourth-order valence-electron chi connectivity index (χ4n) is 1.22. The van der Waals surface area contributed by atoms with E-state index in [4.69, 9.17) is 0 Å². The number of aromatic amines is 1. The second-order valence-corrected chi connectivity index (χ2v) is 4.62. The number of hydrogen-bond acceptors (Lipinski definition) is 5. The molecule has 1 heterocycles. The zero-order valence-corrected chi connectivity index (χ0v) is 10.4. The highest BCUT2D eigenvalue weighted by atomic mass is 32.2. The Hall–Kier alpha value is -1.63. The van der Waals surface area contributed by atoms with Gasteiger partial charge in [0.05, 0.1) is 0 Å². The van der Waals surface area contributed by atoms with Crippen LogP contribution in [0.5, 0.6) is 0 Å². The first-order valence-electron chi connectivity index (χ1n) is 5.01. The van der Waals surface area contributed by atoms with Gasteiger partial charge in [0.2, 0.25) is 0 Å². The van der Waals surface area contributed by atoms with E-state index in [2.05, 4.69) is 9.97 Å². The van der Waals surface area contributed by atoms with Gasteiger partial charge in [-0.2, -0.15) is 0 Å². The highest BCUT2D eigenvalue weighted by Gasteiger charge is 2.14. The monoisotopic (exact) mass is 255 g/mol. The van der Waals surface area contributed by atoms with Crippen molar-refractivity contribution in [3.8, 4) is 0 Å². The van der Waals surface area contributed by atoms with Gasteiger partial charge in [-0.15, -0.1) is 0 Å². The molecule has 0 fully saturated rings. The molecular formula is C10H13N3O3S. The minimum atomic E-state index is -0.496. The van der Waals surface area contributed by atoms with Gasteiger partial charge < -0.3 is 10.1 Å². The number of imidazole rings is 1. The van der Waals surface area contributed by atoms with Crippen LogP contribution in [0, 0.1) is 17.0 Å². The van der Waals surface area contributed by atoms with Gasteiger partial charge in [-0.25, -0.2) is 9.97 Å². The molecular weight excluding hydrogens is 242 g/mol. The first-order chi connectivity index (χ1) is 8.00. The van der Waals surface area contributed by atoms with Gasteiger partial charge in [-0.05, 0) is 17.4 Å². The van der Waals surface area contributed by atoms with Crippen LogP contribution in [0.25, 0.3) is 6.08 Å². The van der Waals surface area contributed by atoms with Crippen LogP contribution in [0.4, 0.5) is 5.82 Å². The van der Waals surface area contributed by atoms with E-state index in [1.807, 2.05) is 0 Å². The molecule has 6 nitrogen and oxygen atoms in total. The quantitative estimate of drug-likeness (QED) is 0.495. The lowest BCUT2D eigenvalue weighted by atomic mass is 10.3. The van der Waals surface area contributed by atoms with Crippen LogP contribution < -0.4 is 0 Å². The smallest absolute Gasteiger partial charge is 0.348 e. The molecule has 0 radical (unpaired) electrons. The zero-order valence-electron chi connectivity index (χ0n) is 9.60. The summed E-state index contributed by atoms with van der Waals surface area (Å²) in [5.41, 5.74) is 0.320. The standard InChI is InChI=1S/C10H13N3O3S/c1-7-11-9(10(12-7)13(15)16)5-3-4-6-17-8(2)14/h3,5H,4,6H2,1-2H3,(H,11,12). The second kappa shape index (κ2) is 6.19. The van der Waals surface area contributed by atoms with Crippen molar-refractivity contribution in [2.24, 2.45) is 0 Å². The number of aromatic nitrogens is 2. The molecule has 0 saturated heterocycles. The van der Waals surface area contributed by atoms with Gasteiger partial charge in [-0.1, -0.05) is 17.8 Å². The van der Waals surface area contributed by atoms with Crippen molar-refractivity contribution in [1.82, 2.24) is 9.97 Å². The Bertz CT molecular complexity index is 454. The van der Waals surface area contributed by atoms with Gasteiger partial charge >= 0.3 is 5.82 Å². The maximum absolute atomic E-state index is 10.7. The number of carbonyl (C=O) groups excluding carboxylic acids is 1. The molecule has 0 saturated carbocycles. The number of thioether (sulfide) groups is 1. The van der Waals surface area contributed by atoms with E-state index in [9.17, 15) is 14.9 Å². The summed E-state index contributed by atoms with van der Waals surface area (Å²) >= 11 is 1.23. The fourth-order valence-corrected chi connectivity index (χ4v) is 1.76. The average molecular weight is 255 g/mol. The summed E-state index contributed by atoms with van der Waals surface area (Å²) in [6.45, 7) is 3.17. The number of nitrogens with one attached hydrogen (secondary N) is 1. The Morgan fingerprint density at radius 2 is 2.35 bits per heavy atom. The van der Waals surface area contributed by atoms with E-state index in [1.54, 1.807) is 19.1 Å². The molecule has 1 rings (SSSR count). The van der Waals surface area contributed by atoms with Gasteiger partial charge in [0, 0.05) is 19.6 Å². The predicted molar refractivity (Wildman–Crippen MR) is 66.8 cm³/mol. The van der Waals surface area contributed by atoms with Crippen molar-refractivity contribution in [3.05, 3.63) is 27.7 Å². The minimum Gasteiger partial charge on any atom is -0.358 e. The van der Waals surface area contributed by atoms with Crippen molar-refractivity contribution < 1.29 is 9.72 Å². The van der Waals surface area contributed by atoms with Crippen LogP contribution in [0.15, 0.2) is 6.08 Å². The van der Waals surface area contributed by atoms with Gasteiger partial charge in [0.1, 0.15) is 0 Å². The Balaban J connectivity index is 2.58. The number of allylic oxidation sites excluding steroid dienone is 1. The number of nitro groups is 1. The Labute approximate surface area is 103 Å². The van der Waals surface area contributed by atoms with Crippen LogP contribution in [0.2, 0.25) is 0 Å². The molecule has 0 spiro atoms. The molecule has 1 aromatic heterocycles. The maximum Gasteiger partial charge on any atom is 0.348 e. The molecule has 0 amide bonds. The lowest BCUT2D eigenvalue weighted by molar-refractivity contribution is -0.389. The van der Waals surface area contributed by atoms with Crippen molar-refractivity contribution in [3.63, 3.8) is 0 Å². The summed E-state index contributed by atoms with van der Waals surface area (Å²) in [5, 5.41) is 10.7. The molecule has 0 aromatic carbocycles. The van der Waals surface area contributed by atoms with Crippen molar-refractivity contribution in [1.29, 1.82) is 0 Å². The van der Waals surface area contributed by atoms with Gasteiger partial charge in [-0.3, -0.25) is 4.79 Å². The van der Waals surface area contributed by atoms with Crippen LogP contribution in [0.1, 0.15) is 24.9 Å². The summed E-state index contributed by atoms with van der Waals surface area (Å²) in [5.74, 6) is 1.08. The van der Waals surface area contributed by atoms with E-state index < -0.39 is 4.92 Å². The number of H-pyrrole nitrogens is 1. The Morgan fingerprint density at radius 3 is 2.94 bits per heavy atom. The van der Waals surface area contributed by atoms with Gasteiger partial charge in [0.25, 0.3) is 0 Å². The SMILES string of the molecule is CC(=O)SCCC=Cc1nc(C)[nH]c1[N+](=O)[O-]. The lowest BCUT2D eigenvalue weighted by Crippen LogP contribution is -1.90. The molecule has 0 aliphatic carbocycles. The molecule has 92 valence electrons. The summed E-state index contributed by atoms with van der Waals surface area (Å²) in [7, 11) is 0. The third-order valence-electron chi connectivity index (χ3n) is 1.88. The molecule has 0 bridgehead atoms. The van der Waals surface area contributed by atoms with E-state index >= 15 is 0 Å². The van der Waals surface area contributed by atoms with Crippen LogP contribution in [0.3, 0.4) is 0 Å². The van der Waals surface area contributed by atoms with E-state index in [1.165, 1.54) is 18.7 Å². The normalized spacial score (nSPS) is 10.9. The first kappa shape index (κ1) is 13.4. The van der Waals surface area contributed by atoms with Crippen molar-refractivity contribution in [2.45, 2.75) is 20.3 Å². The highest BCUT2D eigenvalue weighted by molar-refractivity contribution is 8.13. The molecule has 1 N–H and O–H groups in total. The number of aryl methyl sites for hydroxylation is 1.